The van der Waals surface area contributed by atoms with Crippen molar-refractivity contribution in [1.29, 1.82) is 0 Å². The Morgan fingerprint density at radius 2 is 2.33 bits per heavy atom. The van der Waals surface area contributed by atoms with Crippen LogP contribution in [-0.4, -0.2) is 22.7 Å². The van der Waals surface area contributed by atoms with E-state index in [9.17, 15) is 0 Å². The van der Waals surface area contributed by atoms with E-state index in [4.69, 9.17) is 0 Å². The molecule has 0 bridgehead atoms. The number of hydrogen-bond acceptors (Lipinski definition) is 2. The molecule has 3 nitrogen and oxygen atoms in total. The van der Waals surface area contributed by atoms with Crippen molar-refractivity contribution >= 4 is 22.8 Å². The van der Waals surface area contributed by atoms with Crippen LogP contribution in [0.5, 0.6) is 0 Å². The fraction of sp³-hybridized carbons (Fsp3) is 0.167. The first-order chi connectivity index (χ1) is 7.45. The summed E-state index contributed by atoms with van der Waals surface area (Å²) in [6.07, 6.45) is 8.91. The number of aromatic amines is 1. The van der Waals surface area contributed by atoms with Crippen LogP contribution in [0, 0.1) is 0 Å². The Bertz CT molecular complexity index is 549. The fourth-order valence-corrected chi connectivity index (χ4v) is 1.93. The molecule has 3 rings (SSSR count). The molecule has 0 radical (unpaired) electrons. The smallest absolute Gasteiger partial charge is 0.137 e. The summed E-state index contributed by atoms with van der Waals surface area (Å²) in [5, 5.41) is 1.19. The van der Waals surface area contributed by atoms with Gasteiger partial charge in [0.2, 0.25) is 0 Å². The van der Waals surface area contributed by atoms with Crippen LogP contribution in [0.1, 0.15) is 12.0 Å². The van der Waals surface area contributed by atoms with Crippen LogP contribution in [0.3, 0.4) is 0 Å². The minimum absolute atomic E-state index is 0.794. The van der Waals surface area contributed by atoms with E-state index in [1.54, 1.807) is 6.20 Å². The molecule has 3 heteroatoms. The molecular formula is C12H11N3. The molecule has 0 fully saturated rings. The van der Waals surface area contributed by atoms with Crippen molar-refractivity contribution < 1.29 is 0 Å². The van der Waals surface area contributed by atoms with E-state index in [1.165, 1.54) is 16.5 Å². The quantitative estimate of drug-likeness (QED) is 0.749. The normalized spacial score (nSPS) is 15.6. The topological polar surface area (TPSA) is 41.0 Å². The van der Waals surface area contributed by atoms with Crippen molar-refractivity contribution in [3.05, 3.63) is 36.2 Å². The van der Waals surface area contributed by atoms with Crippen molar-refractivity contribution in [2.24, 2.45) is 4.99 Å². The molecule has 1 aliphatic rings. The van der Waals surface area contributed by atoms with Crippen LogP contribution in [0.25, 0.3) is 16.6 Å². The van der Waals surface area contributed by atoms with Gasteiger partial charge in [-0.05, 0) is 17.7 Å². The van der Waals surface area contributed by atoms with E-state index in [1.807, 2.05) is 18.5 Å². The van der Waals surface area contributed by atoms with E-state index in [2.05, 4.69) is 27.1 Å². The van der Waals surface area contributed by atoms with E-state index >= 15 is 0 Å². The van der Waals surface area contributed by atoms with Crippen molar-refractivity contribution in [2.45, 2.75) is 6.42 Å². The van der Waals surface area contributed by atoms with Crippen molar-refractivity contribution in [1.82, 2.24) is 9.97 Å². The van der Waals surface area contributed by atoms with E-state index in [0.717, 1.165) is 18.6 Å². The Labute approximate surface area is 87.6 Å². The minimum atomic E-state index is 0.794. The Morgan fingerprint density at radius 1 is 1.33 bits per heavy atom. The monoisotopic (exact) mass is 197 g/mol. The summed E-state index contributed by atoms with van der Waals surface area (Å²) >= 11 is 0. The van der Waals surface area contributed by atoms with Gasteiger partial charge in [0.1, 0.15) is 5.65 Å². The molecule has 0 amide bonds. The Kier molecular flexibility index (Phi) is 1.88. The standard InChI is InChI=1S/C12H11N3/c1-2-10-11(8-15-12(10)14-5-1)9-3-6-13-7-4-9/h1-3,5,7-8H,4,6H2,(H,14,15). The van der Waals surface area contributed by atoms with Gasteiger partial charge in [0, 0.05) is 36.0 Å². The molecule has 1 aliphatic heterocycles. The van der Waals surface area contributed by atoms with E-state index in [0.29, 0.717) is 0 Å². The number of pyridine rings is 1. The zero-order chi connectivity index (χ0) is 10.1. The lowest BCUT2D eigenvalue weighted by atomic mass is 10.0. The second-order valence-corrected chi connectivity index (χ2v) is 3.58. The third-order valence-corrected chi connectivity index (χ3v) is 2.68. The number of H-pyrrole nitrogens is 1. The van der Waals surface area contributed by atoms with Crippen LogP contribution in [-0.2, 0) is 0 Å². The molecule has 0 aliphatic carbocycles. The third kappa shape index (κ3) is 1.36. The second-order valence-electron chi connectivity index (χ2n) is 3.58. The number of rotatable bonds is 1. The summed E-state index contributed by atoms with van der Waals surface area (Å²) in [5.74, 6) is 0. The molecule has 2 aromatic heterocycles. The van der Waals surface area contributed by atoms with Crippen LogP contribution in [0.2, 0.25) is 0 Å². The lowest BCUT2D eigenvalue weighted by Gasteiger charge is -2.06. The summed E-state index contributed by atoms with van der Waals surface area (Å²) in [6.45, 7) is 0.794. The molecule has 0 atom stereocenters. The number of fused-ring (bicyclic) bond motifs is 1. The number of nitrogens with zero attached hydrogens (tertiary/aromatic N) is 2. The predicted molar refractivity (Wildman–Crippen MR) is 62.0 cm³/mol. The summed E-state index contributed by atoms with van der Waals surface area (Å²) < 4.78 is 0. The Morgan fingerprint density at radius 3 is 3.20 bits per heavy atom. The maximum atomic E-state index is 4.28. The number of dihydropyridines is 1. The van der Waals surface area contributed by atoms with Crippen LogP contribution >= 0.6 is 0 Å². The molecule has 0 saturated heterocycles. The lowest BCUT2D eigenvalue weighted by Crippen LogP contribution is -1.92. The largest absolute Gasteiger partial charge is 0.346 e. The molecule has 74 valence electrons. The first-order valence-corrected chi connectivity index (χ1v) is 5.05. The second kappa shape index (κ2) is 3.35. The molecule has 0 aromatic carbocycles. The first kappa shape index (κ1) is 8.41. The van der Waals surface area contributed by atoms with E-state index < -0.39 is 0 Å². The highest BCUT2D eigenvalue weighted by Gasteiger charge is 2.09. The molecule has 0 saturated carbocycles. The molecule has 1 N–H and O–H groups in total. The highest BCUT2D eigenvalue weighted by atomic mass is 14.8. The molecular weight excluding hydrogens is 186 g/mol. The van der Waals surface area contributed by atoms with Crippen molar-refractivity contribution in [3.63, 3.8) is 0 Å². The molecule has 0 spiro atoms. The summed E-state index contributed by atoms with van der Waals surface area (Å²) in [4.78, 5) is 11.7. The average molecular weight is 197 g/mol. The van der Waals surface area contributed by atoms with E-state index in [-0.39, 0.29) is 0 Å². The number of aromatic nitrogens is 2. The number of hydrogen-bond donors (Lipinski definition) is 1. The maximum Gasteiger partial charge on any atom is 0.137 e. The first-order valence-electron chi connectivity index (χ1n) is 5.05. The fourth-order valence-electron chi connectivity index (χ4n) is 1.93. The molecule has 2 aromatic rings. The zero-order valence-electron chi connectivity index (χ0n) is 8.27. The molecule has 0 unspecified atom stereocenters. The van der Waals surface area contributed by atoms with Crippen molar-refractivity contribution in [2.75, 3.05) is 6.54 Å². The van der Waals surface area contributed by atoms with Gasteiger partial charge in [-0.3, -0.25) is 4.99 Å². The third-order valence-electron chi connectivity index (χ3n) is 2.68. The highest BCUT2D eigenvalue weighted by molar-refractivity contribution is 5.94. The number of aliphatic imine (C=N–C) groups is 1. The van der Waals surface area contributed by atoms with Gasteiger partial charge in [-0.2, -0.15) is 0 Å². The van der Waals surface area contributed by atoms with Gasteiger partial charge in [-0.1, -0.05) is 6.08 Å². The van der Waals surface area contributed by atoms with Gasteiger partial charge < -0.3 is 4.98 Å². The SMILES string of the molecule is C1=NCC=C(c2c[nH]c3ncccc23)C1. The predicted octanol–water partition coefficient (Wildman–Crippen LogP) is 2.42. The van der Waals surface area contributed by atoms with Gasteiger partial charge in [0.25, 0.3) is 0 Å². The molecule has 15 heavy (non-hydrogen) atoms. The van der Waals surface area contributed by atoms with Gasteiger partial charge in [0.05, 0.1) is 6.54 Å². The highest BCUT2D eigenvalue weighted by Crippen LogP contribution is 2.26. The van der Waals surface area contributed by atoms with Crippen LogP contribution in [0.15, 0.2) is 35.6 Å². The van der Waals surface area contributed by atoms with Gasteiger partial charge in [0.15, 0.2) is 0 Å². The summed E-state index contributed by atoms with van der Waals surface area (Å²) in [7, 11) is 0. The number of allylic oxidation sites excluding steroid dienone is 1. The lowest BCUT2D eigenvalue weighted by molar-refractivity contribution is 1.20. The van der Waals surface area contributed by atoms with Crippen LogP contribution in [0.4, 0.5) is 0 Å². The Hall–Kier alpha value is -1.90. The summed E-state index contributed by atoms with van der Waals surface area (Å²) in [5.41, 5.74) is 3.55. The zero-order valence-corrected chi connectivity index (χ0v) is 8.27. The van der Waals surface area contributed by atoms with Gasteiger partial charge in [-0.25, -0.2) is 4.98 Å². The maximum absolute atomic E-state index is 4.28. The average Bonchev–Trinajstić information content (AvgIpc) is 2.74. The number of nitrogens with one attached hydrogen (secondary N) is 1. The summed E-state index contributed by atoms with van der Waals surface area (Å²) in [6, 6.07) is 4.07. The molecule has 3 heterocycles. The Balaban J connectivity index is 2.15. The van der Waals surface area contributed by atoms with Gasteiger partial charge >= 0.3 is 0 Å². The van der Waals surface area contributed by atoms with Crippen molar-refractivity contribution in [3.8, 4) is 0 Å². The van der Waals surface area contributed by atoms with Crippen LogP contribution < -0.4 is 0 Å². The van der Waals surface area contributed by atoms with Gasteiger partial charge in [-0.15, -0.1) is 0 Å². The minimum Gasteiger partial charge on any atom is -0.346 e.